The van der Waals surface area contributed by atoms with Crippen LogP contribution in [0.25, 0.3) is 0 Å². The molecule has 0 spiro atoms. The van der Waals surface area contributed by atoms with Crippen molar-refractivity contribution in [1.82, 2.24) is 0 Å². The van der Waals surface area contributed by atoms with Crippen molar-refractivity contribution < 1.29 is 19.1 Å². The smallest absolute Gasteiger partial charge is 0.307 e. The van der Waals surface area contributed by atoms with Crippen LogP contribution in [0.1, 0.15) is 24.0 Å². The number of para-hydroxylation sites is 1. The monoisotopic (exact) mass is 396 g/mol. The Balaban J connectivity index is 1.26. The number of carbonyl (C=O) groups is 3. The van der Waals surface area contributed by atoms with Crippen molar-refractivity contribution in [2.45, 2.75) is 35.8 Å². The van der Waals surface area contributed by atoms with Gasteiger partial charge in [-0.3, -0.25) is 14.4 Å². The number of rotatable bonds is 5. The van der Waals surface area contributed by atoms with Crippen molar-refractivity contribution in [1.29, 1.82) is 0 Å². The third-order valence-electron chi connectivity index (χ3n) is 4.81. The first-order chi connectivity index (χ1) is 13.6. The summed E-state index contributed by atoms with van der Waals surface area (Å²) in [4.78, 5) is 37.2. The zero-order valence-corrected chi connectivity index (χ0v) is 16.0. The number of benzene rings is 2. The molecule has 1 aliphatic heterocycles. The molecule has 0 radical (unpaired) electrons. The molecule has 2 aromatic carbocycles. The molecule has 0 fully saturated rings. The molecule has 0 aromatic heterocycles. The summed E-state index contributed by atoms with van der Waals surface area (Å²) in [6.07, 6.45) is 3.16. The SMILES string of the molecule is O=C(COC(=O)C[C@@H]1Sc2ccccc2NC1=O)Nc1ccc2c(c1)CCC2. The second-order valence-corrected chi connectivity index (χ2v) is 8.09. The highest BCUT2D eigenvalue weighted by Crippen LogP contribution is 2.36. The van der Waals surface area contributed by atoms with E-state index in [4.69, 9.17) is 4.74 Å². The van der Waals surface area contributed by atoms with E-state index in [1.807, 2.05) is 42.5 Å². The van der Waals surface area contributed by atoms with Crippen LogP contribution in [0.3, 0.4) is 0 Å². The zero-order chi connectivity index (χ0) is 19.5. The third-order valence-corrected chi connectivity index (χ3v) is 6.08. The first-order valence-corrected chi connectivity index (χ1v) is 10.1. The van der Waals surface area contributed by atoms with Gasteiger partial charge in [-0.15, -0.1) is 11.8 Å². The molecule has 7 heteroatoms. The molecule has 28 heavy (non-hydrogen) atoms. The molecule has 1 aliphatic carbocycles. The first kappa shape index (κ1) is 18.6. The lowest BCUT2D eigenvalue weighted by molar-refractivity contribution is -0.147. The molecule has 6 nitrogen and oxygen atoms in total. The number of thioether (sulfide) groups is 1. The van der Waals surface area contributed by atoms with Gasteiger partial charge in [0.1, 0.15) is 0 Å². The maximum absolute atomic E-state index is 12.1. The predicted molar refractivity (Wildman–Crippen MR) is 107 cm³/mol. The minimum Gasteiger partial charge on any atom is -0.456 e. The van der Waals surface area contributed by atoms with E-state index in [1.54, 1.807) is 0 Å². The molecule has 2 aliphatic rings. The van der Waals surface area contributed by atoms with Gasteiger partial charge in [-0.25, -0.2) is 0 Å². The van der Waals surface area contributed by atoms with E-state index in [0.29, 0.717) is 5.69 Å². The van der Waals surface area contributed by atoms with Crippen LogP contribution < -0.4 is 10.6 Å². The minimum atomic E-state index is -0.573. The van der Waals surface area contributed by atoms with E-state index < -0.39 is 17.1 Å². The Labute approximate surface area is 167 Å². The Kier molecular flexibility index (Phi) is 5.34. The fraction of sp³-hybridized carbons (Fsp3) is 0.286. The lowest BCUT2D eigenvalue weighted by Gasteiger charge is -2.23. The van der Waals surface area contributed by atoms with Gasteiger partial charge in [0.2, 0.25) is 5.91 Å². The second kappa shape index (κ2) is 8.06. The van der Waals surface area contributed by atoms with Crippen LogP contribution in [0.5, 0.6) is 0 Å². The number of esters is 1. The summed E-state index contributed by atoms with van der Waals surface area (Å²) >= 11 is 1.33. The molecule has 1 heterocycles. The largest absolute Gasteiger partial charge is 0.456 e. The van der Waals surface area contributed by atoms with Crippen molar-refractivity contribution in [2.24, 2.45) is 0 Å². The number of fused-ring (bicyclic) bond motifs is 2. The number of carbonyl (C=O) groups excluding carboxylic acids is 3. The number of anilines is 2. The van der Waals surface area contributed by atoms with Crippen LogP contribution >= 0.6 is 11.8 Å². The lowest BCUT2D eigenvalue weighted by Crippen LogP contribution is -2.32. The highest BCUT2D eigenvalue weighted by Gasteiger charge is 2.29. The molecule has 2 amide bonds. The quantitative estimate of drug-likeness (QED) is 0.759. The Bertz CT molecular complexity index is 944. The van der Waals surface area contributed by atoms with E-state index in [1.165, 1.54) is 22.9 Å². The summed E-state index contributed by atoms with van der Waals surface area (Å²) in [5, 5.41) is 4.97. The Morgan fingerprint density at radius 2 is 1.96 bits per heavy atom. The molecule has 0 unspecified atom stereocenters. The van der Waals surface area contributed by atoms with Crippen molar-refractivity contribution in [3.63, 3.8) is 0 Å². The molecule has 4 rings (SSSR count). The summed E-state index contributed by atoms with van der Waals surface area (Å²) in [7, 11) is 0. The van der Waals surface area contributed by atoms with Crippen LogP contribution in [0.4, 0.5) is 11.4 Å². The van der Waals surface area contributed by atoms with Gasteiger partial charge >= 0.3 is 5.97 Å². The molecule has 144 valence electrons. The fourth-order valence-electron chi connectivity index (χ4n) is 3.43. The van der Waals surface area contributed by atoms with Gasteiger partial charge < -0.3 is 15.4 Å². The van der Waals surface area contributed by atoms with Gasteiger partial charge in [0.15, 0.2) is 6.61 Å². The van der Waals surface area contributed by atoms with Gasteiger partial charge in [-0.1, -0.05) is 18.2 Å². The van der Waals surface area contributed by atoms with Gasteiger partial charge in [0.05, 0.1) is 17.4 Å². The minimum absolute atomic E-state index is 0.0863. The summed E-state index contributed by atoms with van der Waals surface area (Å²) in [6.45, 7) is -0.370. The van der Waals surface area contributed by atoms with E-state index >= 15 is 0 Å². The standard InChI is InChI=1S/C21H20N2O4S/c24-19(22-15-9-8-13-4-3-5-14(13)10-15)12-27-20(25)11-18-21(26)23-16-6-1-2-7-17(16)28-18/h1-2,6-10,18H,3-5,11-12H2,(H,22,24)(H,23,26)/t18-/m0/s1. The molecule has 2 N–H and O–H groups in total. The third kappa shape index (κ3) is 4.20. The van der Waals surface area contributed by atoms with Crippen LogP contribution in [0.15, 0.2) is 47.4 Å². The molecule has 0 saturated carbocycles. The van der Waals surface area contributed by atoms with Crippen molar-refractivity contribution >= 4 is 40.9 Å². The Hall–Kier alpha value is -2.80. The van der Waals surface area contributed by atoms with Crippen molar-refractivity contribution in [2.75, 3.05) is 17.2 Å². The topological polar surface area (TPSA) is 84.5 Å². The molecule has 2 aromatic rings. The van der Waals surface area contributed by atoms with Crippen molar-refractivity contribution in [3.8, 4) is 0 Å². The average molecular weight is 396 g/mol. The summed E-state index contributed by atoms with van der Waals surface area (Å²) in [5.74, 6) is -1.20. The number of aryl methyl sites for hydroxylation is 2. The predicted octanol–water partition coefficient (Wildman–Crippen LogP) is 3.16. The Morgan fingerprint density at radius 1 is 1.14 bits per heavy atom. The maximum Gasteiger partial charge on any atom is 0.307 e. The van der Waals surface area contributed by atoms with Crippen LogP contribution in [0.2, 0.25) is 0 Å². The lowest BCUT2D eigenvalue weighted by atomic mass is 10.1. The van der Waals surface area contributed by atoms with E-state index in [9.17, 15) is 14.4 Å². The van der Waals surface area contributed by atoms with Gasteiger partial charge in [-0.05, 0) is 54.7 Å². The van der Waals surface area contributed by atoms with Crippen LogP contribution in [-0.2, 0) is 32.0 Å². The number of hydrogen-bond donors (Lipinski definition) is 2. The first-order valence-electron chi connectivity index (χ1n) is 9.22. The molecule has 0 bridgehead atoms. The summed E-state index contributed by atoms with van der Waals surface area (Å²) < 4.78 is 5.06. The normalized spacial score (nSPS) is 17.3. The molecular formula is C21H20N2O4S. The van der Waals surface area contributed by atoms with Crippen LogP contribution in [-0.4, -0.2) is 29.6 Å². The van der Waals surface area contributed by atoms with Gasteiger partial charge in [0.25, 0.3) is 5.91 Å². The molecule has 0 saturated heterocycles. The van der Waals surface area contributed by atoms with Crippen LogP contribution in [0, 0.1) is 0 Å². The van der Waals surface area contributed by atoms with E-state index in [0.717, 1.165) is 29.8 Å². The number of amides is 2. The second-order valence-electron chi connectivity index (χ2n) is 6.84. The fourth-order valence-corrected chi connectivity index (χ4v) is 4.53. The number of ether oxygens (including phenoxy) is 1. The van der Waals surface area contributed by atoms with E-state index in [2.05, 4.69) is 10.6 Å². The molecule has 1 atom stereocenters. The average Bonchev–Trinajstić information content (AvgIpc) is 3.15. The number of nitrogens with one attached hydrogen (secondary N) is 2. The summed E-state index contributed by atoms with van der Waals surface area (Å²) in [5.41, 5.74) is 4.04. The zero-order valence-electron chi connectivity index (χ0n) is 15.2. The number of hydrogen-bond acceptors (Lipinski definition) is 5. The summed E-state index contributed by atoms with van der Waals surface area (Å²) in [6, 6.07) is 13.3. The Morgan fingerprint density at radius 3 is 2.86 bits per heavy atom. The van der Waals surface area contributed by atoms with Crippen molar-refractivity contribution in [3.05, 3.63) is 53.6 Å². The van der Waals surface area contributed by atoms with Gasteiger partial charge in [0, 0.05) is 10.6 Å². The highest BCUT2D eigenvalue weighted by atomic mass is 32.2. The molecular weight excluding hydrogens is 376 g/mol. The van der Waals surface area contributed by atoms with E-state index in [-0.39, 0.29) is 18.9 Å². The van der Waals surface area contributed by atoms with Gasteiger partial charge in [-0.2, -0.15) is 0 Å². The maximum atomic E-state index is 12.1. The highest BCUT2D eigenvalue weighted by molar-refractivity contribution is 8.01.